The Kier molecular flexibility index (Phi) is 7.36. The third-order valence-corrected chi connectivity index (χ3v) is 4.35. The first-order chi connectivity index (χ1) is 12.5. The van der Waals surface area contributed by atoms with Crippen LogP contribution in [0.15, 0.2) is 60.7 Å². The van der Waals surface area contributed by atoms with Gasteiger partial charge in [-0.05, 0) is 32.0 Å². The van der Waals surface area contributed by atoms with Crippen LogP contribution in [0, 0.1) is 0 Å². The van der Waals surface area contributed by atoms with Crippen molar-refractivity contribution < 1.29 is 19.1 Å². The van der Waals surface area contributed by atoms with Gasteiger partial charge in [-0.15, -0.1) is 0 Å². The van der Waals surface area contributed by atoms with Gasteiger partial charge < -0.3 is 9.47 Å². The highest BCUT2D eigenvalue weighted by Crippen LogP contribution is 2.10. The number of esters is 2. The van der Waals surface area contributed by atoms with Crippen molar-refractivity contribution in [2.24, 2.45) is 0 Å². The van der Waals surface area contributed by atoms with Crippen LogP contribution in [0.1, 0.15) is 25.0 Å². The summed E-state index contributed by atoms with van der Waals surface area (Å²) in [6.45, 7) is 3.86. The molecular weight excluding hydrogens is 330 g/mol. The molecule has 0 N–H and O–H groups in total. The molecular formula is C21H25NO4. The summed E-state index contributed by atoms with van der Waals surface area (Å²) in [5.74, 6) is -0.752. The number of rotatable bonds is 8. The van der Waals surface area contributed by atoms with Crippen LogP contribution in [-0.2, 0) is 32.3 Å². The molecule has 26 heavy (non-hydrogen) atoms. The molecule has 0 bridgehead atoms. The van der Waals surface area contributed by atoms with E-state index in [1.165, 1.54) is 0 Å². The topological polar surface area (TPSA) is 55.8 Å². The van der Waals surface area contributed by atoms with Gasteiger partial charge in [0.1, 0.15) is 25.3 Å². The van der Waals surface area contributed by atoms with E-state index in [2.05, 4.69) is 0 Å². The lowest BCUT2D eigenvalue weighted by Gasteiger charge is -2.27. The Morgan fingerprint density at radius 2 is 1.12 bits per heavy atom. The Morgan fingerprint density at radius 1 is 0.769 bits per heavy atom. The molecule has 5 heteroatoms. The zero-order chi connectivity index (χ0) is 18.9. The van der Waals surface area contributed by atoms with Crippen LogP contribution >= 0.6 is 0 Å². The maximum atomic E-state index is 12.2. The highest BCUT2D eigenvalue weighted by molar-refractivity contribution is 5.79. The normalized spacial score (nSPS) is 13.1. The molecule has 0 saturated carbocycles. The summed E-state index contributed by atoms with van der Waals surface area (Å²) in [6.07, 6.45) is 0. The van der Waals surface area contributed by atoms with Gasteiger partial charge in [-0.2, -0.15) is 0 Å². The van der Waals surface area contributed by atoms with Crippen LogP contribution in [0.4, 0.5) is 0 Å². The molecule has 5 nitrogen and oxygen atoms in total. The van der Waals surface area contributed by atoms with E-state index < -0.39 is 12.1 Å². The van der Waals surface area contributed by atoms with Crippen molar-refractivity contribution in [2.75, 3.05) is 7.05 Å². The second-order valence-corrected chi connectivity index (χ2v) is 6.20. The number of carbonyl (C=O) groups is 2. The fourth-order valence-electron chi connectivity index (χ4n) is 2.37. The quantitative estimate of drug-likeness (QED) is 0.681. The molecule has 0 amide bonds. The average molecular weight is 355 g/mol. The second kappa shape index (κ2) is 9.73. The number of benzene rings is 2. The van der Waals surface area contributed by atoms with Crippen LogP contribution in [0.2, 0.25) is 0 Å². The van der Waals surface area contributed by atoms with E-state index in [-0.39, 0.29) is 25.2 Å². The fraction of sp³-hybridized carbons (Fsp3) is 0.333. The molecule has 2 atom stereocenters. The molecule has 0 aliphatic carbocycles. The first-order valence-electron chi connectivity index (χ1n) is 8.62. The summed E-state index contributed by atoms with van der Waals surface area (Å²) >= 11 is 0. The van der Waals surface area contributed by atoms with Gasteiger partial charge in [0.25, 0.3) is 0 Å². The fourth-order valence-corrected chi connectivity index (χ4v) is 2.37. The molecule has 0 aliphatic rings. The molecule has 0 radical (unpaired) electrons. The van der Waals surface area contributed by atoms with E-state index in [1.807, 2.05) is 60.7 Å². The van der Waals surface area contributed by atoms with Gasteiger partial charge in [0.05, 0.1) is 0 Å². The Labute approximate surface area is 154 Å². The molecule has 0 fully saturated rings. The van der Waals surface area contributed by atoms with Crippen molar-refractivity contribution >= 4 is 11.9 Å². The summed E-state index contributed by atoms with van der Waals surface area (Å²) in [4.78, 5) is 26.1. The van der Waals surface area contributed by atoms with Crippen molar-refractivity contribution in [1.29, 1.82) is 0 Å². The van der Waals surface area contributed by atoms with Crippen LogP contribution in [0.3, 0.4) is 0 Å². The molecule has 2 rings (SSSR count). The van der Waals surface area contributed by atoms with Crippen LogP contribution in [-0.4, -0.2) is 36.0 Å². The minimum absolute atomic E-state index is 0.213. The molecule has 0 aliphatic heterocycles. The number of nitrogens with zero attached hydrogens (tertiary/aromatic N) is 1. The third kappa shape index (κ3) is 5.70. The van der Waals surface area contributed by atoms with Gasteiger partial charge in [-0.25, -0.2) is 0 Å². The molecule has 2 unspecified atom stereocenters. The summed E-state index contributed by atoms with van der Waals surface area (Å²) in [5.41, 5.74) is 1.84. The largest absolute Gasteiger partial charge is 0.460 e. The zero-order valence-electron chi connectivity index (χ0n) is 15.4. The Bertz CT molecular complexity index is 641. The molecule has 2 aromatic rings. The number of likely N-dealkylation sites (N-methyl/N-ethyl adjacent to an activating group) is 1. The summed E-state index contributed by atoms with van der Waals surface area (Å²) < 4.78 is 10.7. The highest BCUT2D eigenvalue weighted by Gasteiger charge is 2.28. The smallest absolute Gasteiger partial charge is 0.323 e. The lowest BCUT2D eigenvalue weighted by atomic mass is 10.2. The summed E-state index contributed by atoms with van der Waals surface area (Å²) in [7, 11) is 1.71. The molecule has 138 valence electrons. The van der Waals surface area contributed by atoms with E-state index in [9.17, 15) is 9.59 Å². The van der Waals surface area contributed by atoms with Crippen molar-refractivity contribution in [1.82, 2.24) is 4.90 Å². The van der Waals surface area contributed by atoms with Crippen LogP contribution in [0.5, 0.6) is 0 Å². The minimum Gasteiger partial charge on any atom is -0.460 e. The molecule has 0 spiro atoms. The minimum atomic E-state index is -0.557. The SMILES string of the molecule is CC(C(=O)OCc1ccccc1)N(C)C(C)C(=O)OCc1ccccc1. The first kappa shape index (κ1) is 19.7. The van der Waals surface area contributed by atoms with Crippen molar-refractivity contribution in [3.63, 3.8) is 0 Å². The number of carbonyl (C=O) groups excluding carboxylic acids is 2. The zero-order valence-corrected chi connectivity index (χ0v) is 15.4. The van der Waals surface area contributed by atoms with Crippen LogP contribution < -0.4 is 0 Å². The molecule has 0 heterocycles. The number of hydrogen-bond donors (Lipinski definition) is 0. The first-order valence-corrected chi connectivity index (χ1v) is 8.62. The van der Waals surface area contributed by atoms with Crippen LogP contribution in [0.25, 0.3) is 0 Å². The monoisotopic (exact) mass is 355 g/mol. The Hall–Kier alpha value is -2.66. The lowest BCUT2D eigenvalue weighted by Crippen LogP contribution is -2.46. The van der Waals surface area contributed by atoms with E-state index >= 15 is 0 Å². The van der Waals surface area contributed by atoms with E-state index in [1.54, 1.807) is 25.8 Å². The molecule has 0 saturated heterocycles. The van der Waals surface area contributed by atoms with Gasteiger partial charge in [0.2, 0.25) is 0 Å². The van der Waals surface area contributed by atoms with Gasteiger partial charge in [-0.3, -0.25) is 14.5 Å². The van der Waals surface area contributed by atoms with E-state index in [4.69, 9.17) is 9.47 Å². The van der Waals surface area contributed by atoms with Gasteiger partial charge >= 0.3 is 11.9 Å². The van der Waals surface area contributed by atoms with Crippen molar-refractivity contribution in [3.8, 4) is 0 Å². The van der Waals surface area contributed by atoms with Gasteiger partial charge in [-0.1, -0.05) is 60.7 Å². The summed E-state index contributed by atoms with van der Waals surface area (Å²) in [6, 6.07) is 17.8. The third-order valence-electron chi connectivity index (χ3n) is 4.35. The van der Waals surface area contributed by atoms with E-state index in [0.29, 0.717) is 0 Å². The maximum absolute atomic E-state index is 12.2. The Balaban J connectivity index is 1.82. The predicted molar refractivity (Wildman–Crippen MR) is 99.2 cm³/mol. The highest BCUT2D eigenvalue weighted by atomic mass is 16.5. The average Bonchev–Trinajstić information content (AvgIpc) is 2.70. The van der Waals surface area contributed by atoms with Crippen molar-refractivity contribution in [2.45, 2.75) is 39.1 Å². The van der Waals surface area contributed by atoms with E-state index in [0.717, 1.165) is 11.1 Å². The second-order valence-electron chi connectivity index (χ2n) is 6.20. The predicted octanol–water partition coefficient (Wildman–Crippen LogP) is 3.18. The molecule has 2 aromatic carbocycles. The lowest BCUT2D eigenvalue weighted by molar-refractivity contribution is -0.156. The number of hydrogen-bond acceptors (Lipinski definition) is 5. The standard InChI is InChI=1S/C21H25NO4/c1-16(20(23)25-14-18-10-6-4-7-11-18)22(3)17(2)21(24)26-15-19-12-8-5-9-13-19/h4-13,16-17H,14-15H2,1-3H3. The van der Waals surface area contributed by atoms with Gasteiger partial charge in [0, 0.05) is 0 Å². The molecule has 0 aromatic heterocycles. The maximum Gasteiger partial charge on any atom is 0.323 e. The summed E-state index contributed by atoms with van der Waals surface area (Å²) in [5, 5.41) is 0. The van der Waals surface area contributed by atoms with Crippen molar-refractivity contribution in [3.05, 3.63) is 71.8 Å². The number of ether oxygens (including phenoxy) is 2. The Morgan fingerprint density at radius 3 is 1.46 bits per heavy atom. The van der Waals surface area contributed by atoms with Gasteiger partial charge in [0.15, 0.2) is 0 Å².